The molecule has 0 saturated carbocycles. The molecule has 19 heavy (non-hydrogen) atoms. The summed E-state index contributed by atoms with van der Waals surface area (Å²) in [6.45, 7) is 7.60. The number of carbonyl (C=O) groups excluding carboxylic acids is 1. The molecule has 0 aliphatic rings. The Morgan fingerprint density at radius 3 is 2.42 bits per heavy atom. The van der Waals surface area contributed by atoms with E-state index in [0.717, 1.165) is 5.56 Å². The fourth-order valence-corrected chi connectivity index (χ4v) is 2.50. The Bertz CT molecular complexity index is 451. The first-order valence-electron chi connectivity index (χ1n) is 6.32. The van der Waals surface area contributed by atoms with Crippen LogP contribution in [0.15, 0.2) is 22.7 Å². The van der Waals surface area contributed by atoms with E-state index in [1.54, 1.807) is 6.07 Å². The lowest BCUT2D eigenvalue weighted by atomic mass is 10.1. The van der Waals surface area contributed by atoms with E-state index in [1.807, 2.05) is 27.7 Å². The molecule has 0 saturated heterocycles. The van der Waals surface area contributed by atoms with Crippen molar-refractivity contribution in [1.29, 1.82) is 0 Å². The molecule has 0 heterocycles. The van der Waals surface area contributed by atoms with Crippen LogP contribution in [0, 0.1) is 5.82 Å². The summed E-state index contributed by atoms with van der Waals surface area (Å²) >= 11 is 3.33. The predicted octanol–water partition coefficient (Wildman–Crippen LogP) is 3.15. The first-order chi connectivity index (χ1) is 8.81. The van der Waals surface area contributed by atoms with Crippen molar-refractivity contribution in [3.05, 3.63) is 34.1 Å². The third-order valence-electron chi connectivity index (χ3n) is 2.75. The van der Waals surface area contributed by atoms with Gasteiger partial charge in [-0.2, -0.15) is 0 Å². The average Bonchev–Trinajstić information content (AvgIpc) is 2.27. The number of rotatable bonds is 5. The molecule has 2 N–H and O–H groups in total. The lowest BCUT2D eigenvalue weighted by Gasteiger charge is -2.21. The third-order valence-corrected chi connectivity index (χ3v) is 3.44. The smallest absolute Gasteiger partial charge is 0.237 e. The molecule has 3 nitrogen and oxygen atoms in total. The van der Waals surface area contributed by atoms with E-state index in [0.29, 0.717) is 4.47 Å². The molecular weight excluding hydrogens is 311 g/mol. The van der Waals surface area contributed by atoms with Crippen molar-refractivity contribution in [3.8, 4) is 0 Å². The molecule has 0 radical (unpaired) electrons. The number of hydrogen-bond donors (Lipinski definition) is 2. The lowest BCUT2D eigenvalue weighted by Crippen LogP contribution is -2.45. The molecule has 0 spiro atoms. The standard InChI is InChI=1S/C14H20BrFN2O/c1-8(2)17-14(19)10(4)18-9(3)12-6-5-11(16)7-13(12)15/h5-10,18H,1-4H3,(H,17,19). The second-order valence-corrected chi connectivity index (χ2v) is 5.79. The second-order valence-electron chi connectivity index (χ2n) is 4.94. The van der Waals surface area contributed by atoms with Gasteiger partial charge in [-0.15, -0.1) is 0 Å². The number of hydrogen-bond acceptors (Lipinski definition) is 2. The average molecular weight is 331 g/mol. The van der Waals surface area contributed by atoms with Gasteiger partial charge in [0, 0.05) is 16.6 Å². The topological polar surface area (TPSA) is 41.1 Å². The van der Waals surface area contributed by atoms with Crippen molar-refractivity contribution in [3.63, 3.8) is 0 Å². The maximum atomic E-state index is 13.0. The highest BCUT2D eigenvalue weighted by atomic mass is 79.9. The van der Waals surface area contributed by atoms with E-state index in [4.69, 9.17) is 0 Å². The van der Waals surface area contributed by atoms with E-state index >= 15 is 0 Å². The van der Waals surface area contributed by atoms with E-state index in [9.17, 15) is 9.18 Å². The van der Waals surface area contributed by atoms with E-state index in [-0.39, 0.29) is 29.8 Å². The van der Waals surface area contributed by atoms with Gasteiger partial charge in [-0.3, -0.25) is 10.1 Å². The lowest BCUT2D eigenvalue weighted by molar-refractivity contribution is -0.123. The molecule has 1 rings (SSSR count). The Morgan fingerprint density at radius 2 is 1.89 bits per heavy atom. The molecule has 5 heteroatoms. The molecule has 2 atom stereocenters. The maximum Gasteiger partial charge on any atom is 0.237 e. The van der Waals surface area contributed by atoms with Gasteiger partial charge in [-0.25, -0.2) is 4.39 Å². The zero-order chi connectivity index (χ0) is 14.6. The fraction of sp³-hybridized carbons (Fsp3) is 0.500. The van der Waals surface area contributed by atoms with Crippen LogP contribution < -0.4 is 10.6 Å². The fourth-order valence-electron chi connectivity index (χ4n) is 1.80. The van der Waals surface area contributed by atoms with Crippen molar-refractivity contribution in [2.24, 2.45) is 0 Å². The third kappa shape index (κ3) is 4.91. The van der Waals surface area contributed by atoms with Crippen LogP contribution in [0.25, 0.3) is 0 Å². The van der Waals surface area contributed by atoms with Gasteiger partial charge in [0.05, 0.1) is 6.04 Å². The largest absolute Gasteiger partial charge is 0.353 e. The highest BCUT2D eigenvalue weighted by Gasteiger charge is 2.18. The second kappa shape index (κ2) is 7.01. The van der Waals surface area contributed by atoms with Crippen molar-refractivity contribution >= 4 is 21.8 Å². The van der Waals surface area contributed by atoms with Gasteiger partial charge in [0.25, 0.3) is 0 Å². The first-order valence-corrected chi connectivity index (χ1v) is 7.12. The van der Waals surface area contributed by atoms with Crippen LogP contribution in [0.5, 0.6) is 0 Å². The Kier molecular flexibility index (Phi) is 5.94. The van der Waals surface area contributed by atoms with Crippen molar-refractivity contribution < 1.29 is 9.18 Å². The summed E-state index contributed by atoms with van der Waals surface area (Å²) < 4.78 is 13.7. The first kappa shape index (κ1) is 16.1. The molecule has 0 aliphatic carbocycles. The Labute approximate surface area is 122 Å². The summed E-state index contributed by atoms with van der Waals surface area (Å²) in [5.74, 6) is -0.325. The highest BCUT2D eigenvalue weighted by Crippen LogP contribution is 2.24. The SMILES string of the molecule is CC(C)NC(=O)C(C)NC(C)c1ccc(F)cc1Br. The van der Waals surface area contributed by atoms with E-state index < -0.39 is 0 Å². The number of benzene rings is 1. The zero-order valence-corrected chi connectivity index (χ0v) is 13.2. The normalized spacial score (nSPS) is 14.3. The summed E-state index contributed by atoms with van der Waals surface area (Å²) in [6, 6.07) is 4.30. The van der Waals surface area contributed by atoms with Crippen molar-refractivity contribution in [2.75, 3.05) is 0 Å². The van der Waals surface area contributed by atoms with Crippen LogP contribution in [0.3, 0.4) is 0 Å². The Morgan fingerprint density at radius 1 is 1.26 bits per heavy atom. The molecule has 106 valence electrons. The summed E-state index contributed by atoms with van der Waals surface area (Å²) in [4.78, 5) is 11.8. The van der Waals surface area contributed by atoms with Gasteiger partial charge < -0.3 is 5.32 Å². The molecule has 1 aromatic carbocycles. The van der Waals surface area contributed by atoms with Crippen LogP contribution in [-0.2, 0) is 4.79 Å². The van der Waals surface area contributed by atoms with Gasteiger partial charge in [0.1, 0.15) is 5.82 Å². The minimum absolute atomic E-state index is 0.0416. The highest BCUT2D eigenvalue weighted by molar-refractivity contribution is 9.10. The molecule has 1 aromatic rings. The molecule has 1 amide bonds. The monoisotopic (exact) mass is 330 g/mol. The summed E-state index contributed by atoms with van der Waals surface area (Å²) in [7, 11) is 0. The van der Waals surface area contributed by atoms with E-state index in [2.05, 4.69) is 26.6 Å². The van der Waals surface area contributed by atoms with Crippen LogP contribution >= 0.6 is 15.9 Å². The molecule has 0 bridgehead atoms. The summed E-state index contributed by atoms with van der Waals surface area (Å²) in [5.41, 5.74) is 0.922. The van der Waals surface area contributed by atoms with Gasteiger partial charge >= 0.3 is 0 Å². The number of amides is 1. The van der Waals surface area contributed by atoms with Crippen LogP contribution in [0.4, 0.5) is 4.39 Å². The van der Waals surface area contributed by atoms with Gasteiger partial charge in [-0.05, 0) is 45.4 Å². The predicted molar refractivity (Wildman–Crippen MR) is 78.4 cm³/mol. The zero-order valence-electron chi connectivity index (χ0n) is 11.6. The minimum Gasteiger partial charge on any atom is -0.353 e. The van der Waals surface area contributed by atoms with Gasteiger partial charge in [0.15, 0.2) is 0 Å². The summed E-state index contributed by atoms with van der Waals surface area (Å²) in [6.07, 6.45) is 0. The van der Waals surface area contributed by atoms with Crippen LogP contribution in [-0.4, -0.2) is 18.0 Å². The number of halogens is 2. The molecule has 0 aromatic heterocycles. The Hall–Kier alpha value is -0.940. The Balaban J connectivity index is 2.68. The van der Waals surface area contributed by atoms with Crippen LogP contribution in [0.1, 0.15) is 39.3 Å². The minimum atomic E-state index is -0.311. The van der Waals surface area contributed by atoms with Crippen LogP contribution in [0.2, 0.25) is 0 Å². The maximum absolute atomic E-state index is 13.0. The van der Waals surface area contributed by atoms with Gasteiger partial charge in [-0.1, -0.05) is 22.0 Å². The van der Waals surface area contributed by atoms with Crippen molar-refractivity contribution in [1.82, 2.24) is 10.6 Å². The quantitative estimate of drug-likeness (QED) is 0.870. The van der Waals surface area contributed by atoms with Crippen molar-refractivity contribution in [2.45, 2.75) is 45.8 Å². The van der Waals surface area contributed by atoms with E-state index in [1.165, 1.54) is 12.1 Å². The number of nitrogens with one attached hydrogen (secondary N) is 2. The van der Waals surface area contributed by atoms with Gasteiger partial charge in [0.2, 0.25) is 5.91 Å². The number of carbonyl (C=O) groups is 1. The summed E-state index contributed by atoms with van der Waals surface area (Å²) in [5, 5.41) is 6.05. The molecule has 0 aliphatic heterocycles. The molecule has 2 unspecified atom stereocenters. The molecular formula is C14H20BrFN2O. The molecule has 0 fully saturated rings.